The van der Waals surface area contributed by atoms with Gasteiger partial charge in [0.25, 0.3) is 0 Å². The van der Waals surface area contributed by atoms with Crippen LogP contribution in [0.15, 0.2) is 18.2 Å². The summed E-state index contributed by atoms with van der Waals surface area (Å²) in [6, 6.07) is 7.89. The van der Waals surface area contributed by atoms with Crippen LogP contribution in [0, 0.1) is 18.3 Å². The molecule has 1 aromatic carbocycles. The molecule has 1 N–H and O–H groups in total. The van der Waals surface area contributed by atoms with Gasteiger partial charge in [0.2, 0.25) is 0 Å². The van der Waals surface area contributed by atoms with E-state index < -0.39 is 5.60 Å². The van der Waals surface area contributed by atoms with Gasteiger partial charge in [-0.25, -0.2) is 0 Å². The third kappa shape index (κ3) is 2.24. The van der Waals surface area contributed by atoms with Crippen molar-refractivity contribution in [1.29, 1.82) is 5.26 Å². The molecule has 1 aromatic rings. The number of likely N-dealkylation sites (tertiary alicyclic amines) is 1. The molecule has 0 bridgehead atoms. The third-order valence-corrected chi connectivity index (χ3v) is 2.99. The van der Waals surface area contributed by atoms with Gasteiger partial charge < -0.3 is 5.11 Å². The molecule has 84 valence electrons. The molecule has 0 atom stereocenters. The summed E-state index contributed by atoms with van der Waals surface area (Å²) < 4.78 is 0. The number of hydrogen-bond acceptors (Lipinski definition) is 3. The summed E-state index contributed by atoms with van der Waals surface area (Å²) >= 11 is 0. The summed E-state index contributed by atoms with van der Waals surface area (Å²) in [5, 5.41) is 18.4. The van der Waals surface area contributed by atoms with Crippen LogP contribution in [0.2, 0.25) is 0 Å². The fourth-order valence-electron chi connectivity index (χ4n) is 2.21. The number of β-amino-alcohol motifs (C(OH)–C–C–N with tert-alkyl or cyclic N) is 1. The number of nitriles is 1. The first-order chi connectivity index (χ1) is 7.50. The Morgan fingerprint density at radius 1 is 1.50 bits per heavy atom. The fourth-order valence-corrected chi connectivity index (χ4v) is 2.21. The minimum absolute atomic E-state index is 0.513. The molecule has 0 radical (unpaired) electrons. The van der Waals surface area contributed by atoms with E-state index in [1.165, 1.54) is 5.56 Å². The SMILES string of the molecule is Cc1cc(C#N)ccc1CN1CC(C)(O)C1. The van der Waals surface area contributed by atoms with Crippen LogP contribution in [0.1, 0.15) is 23.6 Å². The van der Waals surface area contributed by atoms with Crippen LogP contribution >= 0.6 is 0 Å². The Morgan fingerprint density at radius 3 is 2.69 bits per heavy atom. The average Bonchev–Trinajstić information content (AvgIpc) is 2.18. The van der Waals surface area contributed by atoms with Gasteiger partial charge in [-0.2, -0.15) is 5.26 Å². The van der Waals surface area contributed by atoms with Gasteiger partial charge in [-0.05, 0) is 37.1 Å². The predicted octanol–water partition coefficient (Wildman–Crippen LogP) is 1.43. The maximum atomic E-state index is 9.63. The molecule has 0 amide bonds. The largest absolute Gasteiger partial charge is 0.388 e. The van der Waals surface area contributed by atoms with E-state index in [9.17, 15) is 5.11 Å². The number of benzene rings is 1. The Balaban J connectivity index is 2.04. The van der Waals surface area contributed by atoms with Crippen LogP contribution in [0.25, 0.3) is 0 Å². The summed E-state index contributed by atoms with van der Waals surface area (Å²) in [5.41, 5.74) is 2.57. The second-order valence-corrected chi connectivity index (χ2v) is 4.90. The van der Waals surface area contributed by atoms with E-state index in [-0.39, 0.29) is 0 Å². The lowest BCUT2D eigenvalue weighted by Crippen LogP contribution is -2.59. The Kier molecular flexibility index (Phi) is 2.71. The number of rotatable bonds is 2. The van der Waals surface area contributed by atoms with Crippen LogP contribution in [-0.4, -0.2) is 28.7 Å². The first kappa shape index (κ1) is 11.1. The van der Waals surface area contributed by atoms with Crippen molar-refractivity contribution in [2.45, 2.75) is 26.0 Å². The van der Waals surface area contributed by atoms with Gasteiger partial charge >= 0.3 is 0 Å². The van der Waals surface area contributed by atoms with Crippen molar-refractivity contribution in [2.24, 2.45) is 0 Å². The fraction of sp³-hybridized carbons (Fsp3) is 0.462. The number of nitrogens with zero attached hydrogens (tertiary/aromatic N) is 2. The predicted molar refractivity (Wildman–Crippen MR) is 61.8 cm³/mol. The first-order valence-corrected chi connectivity index (χ1v) is 5.44. The lowest BCUT2D eigenvalue weighted by atomic mass is 9.95. The van der Waals surface area contributed by atoms with Crippen LogP contribution < -0.4 is 0 Å². The molecule has 1 aliphatic heterocycles. The van der Waals surface area contributed by atoms with Gasteiger partial charge in [-0.3, -0.25) is 4.90 Å². The molecule has 1 heterocycles. The standard InChI is InChI=1S/C13H16N2O/c1-10-5-11(6-14)3-4-12(10)7-15-8-13(2,16)9-15/h3-5,16H,7-9H2,1-2H3. The highest BCUT2D eigenvalue weighted by Crippen LogP contribution is 2.23. The average molecular weight is 216 g/mol. The van der Waals surface area contributed by atoms with E-state index in [1.54, 1.807) is 0 Å². The molecule has 3 nitrogen and oxygen atoms in total. The minimum Gasteiger partial charge on any atom is -0.388 e. The third-order valence-electron chi connectivity index (χ3n) is 2.99. The summed E-state index contributed by atoms with van der Waals surface area (Å²) in [6.45, 7) is 6.19. The van der Waals surface area contributed by atoms with Crippen LogP contribution in [0.3, 0.4) is 0 Å². The van der Waals surface area contributed by atoms with Crippen molar-refractivity contribution in [1.82, 2.24) is 4.90 Å². The van der Waals surface area contributed by atoms with Gasteiger partial charge in [-0.1, -0.05) is 6.07 Å². The van der Waals surface area contributed by atoms with Gasteiger partial charge in [0.05, 0.1) is 17.2 Å². The molecule has 3 heteroatoms. The minimum atomic E-state index is -0.513. The monoisotopic (exact) mass is 216 g/mol. The Morgan fingerprint density at radius 2 is 2.19 bits per heavy atom. The molecule has 1 saturated heterocycles. The molecule has 0 saturated carbocycles. The quantitative estimate of drug-likeness (QED) is 0.813. The Hall–Kier alpha value is -1.37. The van der Waals surface area contributed by atoms with Crippen LogP contribution in [-0.2, 0) is 6.54 Å². The summed E-state index contributed by atoms with van der Waals surface area (Å²) in [5.74, 6) is 0. The first-order valence-electron chi connectivity index (χ1n) is 5.44. The summed E-state index contributed by atoms with van der Waals surface area (Å²) in [4.78, 5) is 2.20. The van der Waals surface area contributed by atoms with Crippen molar-refractivity contribution >= 4 is 0 Å². The molecule has 1 fully saturated rings. The van der Waals surface area contributed by atoms with Gasteiger partial charge in [0.15, 0.2) is 0 Å². The van der Waals surface area contributed by atoms with Gasteiger partial charge in [-0.15, -0.1) is 0 Å². The van der Waals surface area contributed by atoms with Crippen molar-refractivity contribution in [3.05, 3.63) is 34.9 Å². The van der Waals surface area contributed by atoms with Gasteiger partial charge in [0, 0.05) is 19.6 Å². The molecular formula is C13H16N2O. The molecule has 0 aliphatic carbocycles. The van der Waals surface area contributed by atoms with E-state index in [0.717, 1.165) is 25.2 Å². The van der Waals surface area contributed by atoms with Crippen molar-refractivity contribution in [3.8, 4) is 6.07 Å². The molecule has 0 spiro atoms. The lowest BCUT2D eigenvalue weighted by Gasteiger charge is -2.44. The molecule has 2 rings (SSSR count). The molecular weight excluding hydrogens is 200 g/mol. The number of aryl methyl sites for hydroxylation is 1. The van der Waals surface area contributed by atoms with E-state index in [2.05, 4.69) is 11.0 Å². The van der Waals surface area contributed by atoms with Crippen molar-refractivity contribution in [3.63, 3.8) is 0 Å². The Labute approximate surface area is 95.9 Å². The van der Waals surface area contributed by atoms with E-state index in [1.807, 2.05) is 32.0 Å². The molecule has 1 aliphatic rings. The van der Waals surface area contributed by atoms with E-state index >= 15 is 0 Å². The van der Waals surface area contributed by atoms with Gasteiger partial charge in [0.1, 0.15) is 0 Å². The maximum Gasteiger partial charge on any atom is 0.0991 e. The summed E-state index contributed by atoms with van der Waals surface area (Å²) in [7, 11) is 0. The molecule has 16 heavy (non-hydrogen) atoms. The second-order valence-electron chi connectivity index (χ2n) is 4.90. The highest BCUT2D eigenvalue weighted by Gasteiger charge is 2.36. The van der Waals surface area contributed by atoms with Crippen molar-refractivity contribution < 1.29 is 5.11 Å². The van der Waals surface area contributed by atoms with Crippen LogP contribution in [0.4, 0.5) is 0 Å². The summed E-state index contributed by atoms with van der Waals surface area (Å²) in [6.07, 6.45) is 0. The smallest absolute Gasteiger partial charge is 0.0991 e. The lowest BCUT2D eigenvalue weighted by molar-refractivity contribution is -0.0871. The second kappa shape index (κ2) is 3.89. The molecule has 0 unspecified atom stereocenters. The van der Waals surface area contributed by atoms with E-state index in [4.69, 9.17) is 5.26 Å². The van der Waals surface area contributed by atoms with E-state index in [0.29, 0.717) is 5.56 Å². The topological polar surface area (TPSA) is 47.3 Å². The number of hydrogen-bond donors (Lipinski definition) is 1. The normalized spacial score (nSPS) is 18.9. The van der Waals surface area contributed by atoms with Crippen LogP contribution in [0.5, 0.6) is 0 Å². The van der Waals surface area contributed by atoms with Crippen molar-refractivity contribution in [2.75, 3.05) is 13.1 Å². The molecule has 0 aromatic heterocycles. The zero-order valence-electron chi connectivity index (χ0n) is 9.70. The Bertz CT molecular complexity index is 438. The highest BCUT2D eigenvalue weighted by atomic mass is 16.3. The maximum absolute atomic E-state index is 9.63. The zero-order chi connectivity index (χ0) is 11.8. The highest BCUT2D eigenvalue weighted by molar-refractivity contribution is 5.37. The number of aliphatic hydroxyl groups is 1. The zero-order valence-corrected chi connectivity index (χ0v) is 9.70.